The van der Waals surface area contributed by atoms with Gasteiger partial charge in [0.2, 0.25) is 0 Å². The first-order chi connectivity index (χ1) is 12.1. The van der Waals surface area contributed by atoms with Crippen LogP contribution in [0.15, 0.2) is 53.4 Å². The van der Waals surface area contributed by atoms with E-state index in [0.717, 1.165) is 17.3 Å². The summed E-state index contributed by atoms with van der Waals surface area (Å²) in [6, 6.07) is 7.33. The first-order valence-electron chi connectivity index (χ1n) is 7.61. The number of allylic oxidation sites excluding steroid dienone is 1. The van der Waals surface area contributed by atoms with Gasteiger partial charge in [-0.3, -0.25) is 4.57 Å². The van der Waals surface area contributed by atoms with Gasteiger partial charge in [-0.25, -0.2) is 14.4 Å². The lowest BCUT2D eigenvalue weighted by atomic mass is 10.2. The Hall–Kier alpha value is -2.25. The molecule has 0 aliphatic rings. The van der Waals surface area contributed by atoms with E-state index in [2.05, 4.69) is 26.7 Å². The van der Waals surface area contributed by atoms with Crippen molar-refractivity contribution in [2.75, 3.05) is 0 Å². The molecule has 0 saturated carbocycles. The number of halogens is 2. The van der Waals surface area contributed by atoms with E-state index in [1.54, 1.807) is 18.2 Å². The summed E-state index contributed by atoms with van der Waals surface area (Å²) in [6.07, 6.45) is 3.58. The molecule has 0 saturated heterocycles. The maximum atomic E-state index is 14.4. The second-order valence-electron chi connectivity index (χ2n) is 5.11. The fourth-order valence-electron chi connectivity index (χ4n) is 2.29. The van der Waals surface area contributed by atoms with E-state index in [-0.39, 0.29) is 5.03 Å². The second-order valence-corrected chi connectivity index (χ2v) is 6.50. The molecule has 0 unspecified atom stereocenters. The van der Waals surface area contributed by atoms with E-state index < -0.39 is 5.82 Å². The summed E-state index contributed by atoms with van der Waals surface area (Å²) in [4.78, 5) is 7.98. The van der Waals surface area contributed by atoms with Gasteiger partial charge < -0.3 is 0 Å². The molecular formula is C17H15ClFN5S. The minimum atomic E-state index is -0.424. The highest BCUT2D eigenvalue weighted by atomic mass is 35.5. The van der Waals surface area contributed by atoms with Crippen molar-refractivity contribution in [1.29, 1.82) is 0 Å². The van der Waals surface area contributed by atoms with Crippen LogP contribution in [0.25, 0.3) is 11.4 Å². The van der Waals surface area contributed by atoms with Crippen molar-refractivity contribution in [3.63, 3.8) is 0 Å². The molecule has 128 valence electrons. The van der Waals surface area contributed by atoms with Crippen LogP contribution in [0.3, 0.4) is 0 Å². The molecule has 0 radical (unpaired) electrons. The van der Waals surface area contributed by atoms with Crippen molar-refractivity contribution in [2.24, 2.45) is 0 Å². The average molecular weight is 376 g/mol. The van der Waals surface area contributed by atoms with Gasteiger partial charge >= 0.3 is 0 Å². The summed E-state index contributed by atoms with van der Waals surface area (Å²) in [5.41, 5.74) is 1.20. The Morgan fingerprint density at radius 3 is 2.88 bits per heavy atom. The van der Waals surface area contributed by atoms with E-state index in [1.165, 1.54) is 6.33 Å². The zero-order valence-electron chi connectivity index (χ0n) is 13.5. The largest absolute Gasteiger partial charge is 0.298 e. The highest BCUT2D eigenvalue weighted by Crippen LogP contribution is 2.31. The lowest BCUT2D eigenvalue weighted by Crippen LogP contribution is -2.02. The molecule has 5 nitrogen and oxygen atoms in total. The van der Waals surface area contributed by atoms with E-state index in [9.17, 15) is 4.39 Å². The van der Waals surface area contributed by atoms with E-state index in [4.69, 9.17) is 11.6 Å². The van der Waals surface area contributed by atoms with Crippen molar-refractivity contribution in [3.8, 4) is 11.4 Å². The number of rotatable bonds is 6. The molecule has 0 aliphatic heterocycles. The third-order valence-electron chi connectivity index (χ3n) is 3.46. The standard InChI is InChI=1S/C17H15ClFN5S/c1-3-8-24-15(11-6-5-7-12(18)9-11)22-23-17(24)25-16-14(19)13(4-2)20-10-21-16/h3,5-7,9-10H,1,4,8H2,2H3. The molecule has 0 atom stereocenters. The molecule has 1 aromatic carbocycles. The quantitative estimate of drug-likeness (QED) is 0.471. The fourth-order valence-corrected chi connectivity index (χ4v) is 3.31. The minimum Gasteiger partial charge on any atom is -0.298 e. The Morgan fingerprint density at radius 2 is 2.16 bits per heavy atom. The van der Waals surface area contributed by atoms with Gasteiger partial charge in [0.1, 0.15) is 11.4 Å². The lowest BCUT2D eigenvalue weighted by Gasteiger charge is -2.08. The highest BCUT2D eigenvalue weighted by molar-refractivity contribution is 7.99. The monoisotopic (exact) mass is 375 g/mol. The smallest absolute Gasteiger partial charge is 0.198 e. The second kappa shape index (κ2) is 7.76. The van der Waals surface area contributed by atoms with Gasteiger partial charge in [-0.1, -0.05) is 36.7 Å². The number of benzene rings is 1. The Labute approximate surface area is 154 Å². The molecule has 2 aromatic heterocycles. The zero-order valence-corrected chi connectivity index (χ0v) is 15.1. The van der Waals surface area contributed by atoms with Gasteiger partial charge in [0.15, 0.2) is 16.8 Å². The van der Waals surface area contributed by atoms with Crippen molar-refractivity contribution < 1.29 is 4.39 Å². The summed E-state index contributed by atoms with van der Waals surface area (Å²) in [5.74, 6) is 0.211. The number of hydrogen-bond donors (Lipinski definition) is 0. The van der Waals surface area contributed by atoms with Crippen molar-refractivity contribution in [1.82, 2.24) is 24.7 Å². The van der Waals surface area contributed by atoms with Crippen LogP contribution in [-0.4, -0.2) is 24.7 Å². The van der Waals surface area contributed by atoms with Gasteiger partial charge in [-0.2, -0.15) is 0 Å². The van der Waals surface area contributed by atoms with Gasteiger partial charge in [0, 0.05) is 17.1 Å². The number of aryl methyl sites for hydroxylation is 1. The summed E-state index contributed by atoms with van der Waals surface area (Å²) < 4.78 is 16.3. The van der Waals surface area contributed by atoms with Crippen LogP contribution < -0.4 is 0 Å². The molecule has 0 fully saturated rings. The predicted octanol–water partition coefficient (Wildman–Crippen LogP) is 4.43. The average Bonchev–Trinajstić information content (AvgIpc) is 3.00. The molecule has 0 spiro atoms. The Balaban J connectivity index is 2.02. The Morgan fingerprint density at radius 1 is 1.32 bits per heavy atom. The number of nitrogens with zero attached hydrogens (tertiary/aromatic N) is 5. The van der Waals surface area contributed by atoms with Crippen LogP contribution in [0.4, 0.5) is 4.39 Å². The van der Waals surface area contributed by atoms with E-state index in [1.807, 2.05) is 23.6 Å². The molecule has 0 bridgehead atoms. The number of hydrogen-bond acceptors (Lipinski definition) is 5. The summed E-state index contributed by atoms with van der Waals surface area (Å²) in [7, 11) is 0. The maximum absolute atomic E-state index is 14.4. The molecular weight excluding hydrogens is 361 g/mol. The summed E-state index contributed by atoms with van der Waals surface area (Å²) >= 11 is 7.18. The molecule has 3 aromatic rings. The van der Waals surface area contributed by atoms with Crippen LogP contribution in [0.1, 0.15) is 12.6 Å². The minimum absolute atomic E-state index is 0.224. The van der Waals surface area contributed by atoms with Crippen LogP contribution in [0.2, 0.25) is 5.02 Å². The molecule has 3 rings (SSSR count). The van der Waals surface area contributed by atoms with Gasteiger partial charge in [-0.15, -0.1) is 16.8 Å². The topological polar surface area (TPSA) is 56.5 Å². The number of aromatic nitrogens is 5. The van der Waals surface area contributed by atoms with Gasteiger partial charge in [0.05, 0.1) is 5.69 Å². The maximum Gasteiger partial charge on any atom is 0.198 e. The van der Waals surface area contributed by atoms with E-state index in [0.29, 0.717) is 34.7 Å². The third kappa shape index (κ3) is 3.72. The highest BCUT2D eigenvalue weighted by Gasteiger charge is 2.18. The summed E-state index contributed by atoms with van der Waals surface area (Å²) in [6.45, 7) is 6.09. The molecule has 0 N–H and O–H groups in total. The predicted molar refractivity (Wildman–Crippen MR) is 96.2 cm³/mol. The first-order valence-corrected chi connectivity index (χ1v) is 8.80. The normalized spacial score (nSPS) is 10.8. The molecule has 0 amide bonds. The third-order valence-corrected chi connectivity index (χ3v) is 4.66. The van der Waals surface area contributed by atoms with Crippen LogP contribution in [0, 0.1) is 5.82 Å². The molecule has 25 heavy (non-hydrogen) atoms. The van der Waals surface area contributed by atoms with Crippen LogP contribution in [-0.2, 0) is 13.0 Å². The van der Waals surface area contributed by atoms with Crippen LogP contribution in [0.5, 0.6) is 0 Å². The zero-order chi connectivity index (χ0) is 17.8. The lowest BCUT2D eigenvalue weighted by molar-refractivity contribution is 0.558. The Kier molecular flexibility index (Phi) is 5.45. The SMILES string of the molecule is C=CCn1c(Sc2ncnc(CC)c2F)nnc1-c1cccc(Cl)c1. The summed E-state index contributed by atoms with van der Waals surface area (Å²) in [5, 5.41) is 9.78. The first kappa shape index (κ1) is 17.6. The molecule has 8 heteroatoms. The van der Waals surface area contributed by atoms with Crippen LogP contribution >= 0.6 is 23.4 Å². The van der Waals surface area contributed by atoms with Gasteiger partial charge in [0.25, 0.3) is 0 Å². The van der Waals surface area contributed by atoms with E-state index >= 15 is 0 Å². The van der Waals surface area contributed by atoms with Gasteiger partial charge in [-0.05, 0) is 30.3 Å². The van der Waals surface area contributed by atoms with Crippen molar-refractivity contribution >= 4 is 23.4 Å². The van der Waals surface area contributed by atoms with Crippen molar-refractivity contribution in [2.45, 2.75) is 30.1 Å². The fraction of sp³-hybridized carbons (Fsp3) is 0.176. The molecule has 0 aliphatic carbocycles. The van der Waals surface area contributed by atoms with Crippen molar-refractivity contribution in [3.05, 3.63) is 59.8 Å². The molecule has 2 heterocycles. The Bertz CT molecular complexity index is 912.